The molecule has 0 aromatic heterocycles. The van der Waals surface area contributed by atoms with E-state index in [9.17, 15) is 18.0 Å². The lowest BCUT2D eigenvalue weighted by Crippen LogP contribution is -2.13. The molecule has 0 atom stereocenters. The fourth-order valence-corrected chi connectivity index (χ4v) is 4.60. The van der Waals surface area contributed by atoms with E-state index in [2.05, 4.69) is 6.92 Å². The van der Waals surface area contributed by atoms with Crippen molar-refractivity contribution in [2.75, 3.05) is 0 Å². The molecule has 2 nitrogen and oxygen atoms in total. The molecule has 0 heterocycles. The average molecular weight is 426 g/mol. The smallest absolute Gasteiger partial charge is 0.343 e. The molecule has 0 saturated heterocycles. The van der Waals surface area contributed by atoms with Crippen LogP contribution in [0.5, 0.6) is 5.75 Å². The summed E-state index contributed by atoms with van der Waals surface area (Å²) in [4.78, 5) is 12.5. The summed E-state index contributed by atoms with van der Waals surface area (Å²) in [6.45, 7) is 2.23. The van der Waals surface area contributed by atoms with E-state index in [4.69, 9.17) is 4.74 Å². The monoisotopic (exact) mass is 426 g/mol. The molecule has 0 spiro atoms. The number of halogens is 3. The van der Waals surface area contributed by atoms with Gasteiger partial charge in [0.1, 0.15) is 5.75 Å². The van der Waals surface area contributed by atoms with E-state index in [0.29, 0.717) is 11.5 Å². The number of rotatable bonds is 5. The summed E-state index contributed by atoms with van der Waals surface area (Å²) in [7, 11) is 0. The molecule has 162 valence electrons. The predicted molar refractivity (Wildman–Crippen MR) is 115 cm³/mol. The highest BCUT2D eigenvalue weighted by Crippen LogP contribution is 2.37. The van der Waals surface area contributed by atoms with Gasteiger partial charge in [-0.1, -0.05) is 31.9 Å². The Morgan fingerprint density at radius 2 is 1.65 bits per heavy atom. The molecule has 5 heteroatoms. The molecule has 1 aliphatic carbocycles. The van der Waals surface area contributed by atoms with Crippen LogP contribution >= 0.6 is 0 Å². The number of esters is 1. The maximum absolute atomic E-state index is 13.8. The van der Waals surface area contributed by atoms with Gasteiger partial charge in [-0.25, -0.2) is 18.0 Å². The highest BCUT2D eigenvalue weighted by atomic mass is 19.2. The Hall–Kier alpha value is -2.82. The molecule has 0 bridgehead atoms. The van der Waals surface area contributed by atoms with Crippen molar-refractivity contribution in [1.82, 2.24) is 0 Å². The van der Waals surface area contributed by atoms with Crippen LogP contribution in [-0.2, 0) is 0 Å². The van der Waals surface area contributed by atoms with Crippen molar-refractivity contribution in [3.05, 3.63) is 77.1 Å². The quantitative estimate of drug-likeness (QED) is 0.239. The van der Waals surface area contributed by atoms with E-state index in [1.165, 1.54) is 62.3 Å². The van der Waals surface area contributed by atoms with Gasteiger partial charge in [-0.05, 0) is 84.9 Å². The SMILES string of the molecule is CCCC1CCC(c2ccc(C(=O)Oc3ccc4c(F)c(F)c(F)cc4c3)cc2)CC1. The van der Waals surface area contributed by atoms with Crippen LogP contribution in [0.25, 0.3) is 10.8 Å². The molecule has 1 aliphatic rings. The number of fused-ring (bicyclic) bond motifs is 1. The zero-order valence-corrected chi connectivity index (χ0v) is 17.5. The van der Waals surface area contributed by atoms with Crippen molar-refractivity contribution < 1.29 is 22.7 Å². The highest BCUT2D eigenvalue weighted by Gasteiger charge is 2.22. The van der Waals surface area contributed by atoms with Crippen LogP contribution in [0.2, 0.25) is 0 Å². The number of carbonyl (C=O) groups is 1. The topological polar surface area (TPSA) is 26.3 Å². The molecule has 0 N–H and O–H groups in total. The maximum Gasteiger partial charge on any atom is 0.343 e. The number of carbonyl (C=O) groups excluding carboxylic acids is 1. The zero-order valence-electron chi connectivity index (χ0n) is 17.5. The van der Waals surface area contributed by atoms with Gasteiger partial charge in [-0.15, -0.1) is 0 Å². The summed E-state index contributed by atoms with van der Waals surface area (Å²) in [5.41, 5.74) is 1.64. The lowest BCUT2D eigenvalue weighted by Gasteiger charge is -2.28. The van der Waals surface area contributed by atoms with Crippen molar-refractivity contribution in [3.8, 4) is 5.75 Å². The molecule has 0 radical (unpaired) electrons. The van der Waals surface area contributed by atoms with Gasteiger partial charge in [0, 0.05) is 5.39 Å². The number of hydrogen-bond donors (Lipinski definition) is 0. The average Bonchev–Trinajstić information content (AvgIpc) is 2.78. The Bertz CT molecular complexity index is 1080. The van der Waals surface area contributed by atoms with Gasteiger partial charge in [-0.2, -0.15) is 0 Å². The van der Waals surface area contributed by atoms with Gasteiger partial charge >= 0.3 is 5.97 Å². The molecule has 3 aromatic carbocycles. The first-order valence-electron chi connectivity index (χ1n) is 10.9. The molecular formula is C26H25F3O2. The lowest BCUT2D eigenvalue weighted by molar-refractivity contribution is 0.0735. The highest BCUT2D eigenvalue weighted by molar-refractivity contribution is 5.92. The second-order valence-corrected chi connectivity index (χ2v) is 8.39. The molecule has 0 unspecified atom stereocenters. The standard InChI is InChI=1S/C26H25F3O2/c1-2-3-16-4-6-17(7-5-16)18-8-10-19(11-9-18)26(30)31-21-12-13-22-20(14-21)15-23(27)25(29)24(22)28/h8-17H,2-7H2,1H3. The minimum atomic E-state index is -1.52. The van der Waals surface area contributed by atoms with Gasteiger partial charge in [0.05, 0.1) is 5.56 Å². The molecule has 4 rings (SSSR count). The fourth-order valence-electron chi connectivity index (χ4n) is 4.60. The molecular weight excluding hydrogens is 401 g/mol. The normalized spacial score (nSPS) is 18.8. The van der Waals surface area contributed by atoms with Crippen LogP contribution in [-0.4, -0.2) is 5.97 Å². The van der Waals surface area contributed by atoms with E-state index >= 15 is 0 Å². The van der Waals surface area contributed by atoms with Crippen LogP contribution in [0.1, 0.15) is 67.3 Å². The van der Waals surface area contributed by atoms with E-state index < -0.39 is 23.4 Å². The van der Waals surface area contributed by atoms with Crippen LogP contribution in [0.15, 0.2) is 48.5 Å². The van der Waals surface area contributed by atoms with Gasteiger partial charge in [0.25, 0.3) is 0 Å². The number of hydrogen-bond acceptors (Lipinski definition) is 2. The second-order valence-electron chi connectivity index (χ2n) is 8.39. The summed E-state index contributed by atoms with van der Waals surface area (Å²) in [5.74, 6) is -3.10. The largest absolute Gasteiger partial charge is 0.423 e. The molecule has 3 aromatic rings. The van der Waals surface area contributed by atoms with Crippen molar-refractivity contribution in [2.24, 2.45) is 5.92 Å². The summed E-state index contributed by atoms with van der Waals surface area (Å²) >= 11 is 0. The van der Waals surface area contributed by atoms with Crippen LogP contribution in [0.3, 0.4) is 0 Å². The van der Waals surface area contributed by atoms with Gasteiger partial charge < -0.3 is 4.74 Å². The summed E-state index contributed by atoms with van der Waals surface area (Å²) in [5, 5.41) is 0.0485. The number of ether oxygens (including phenoxy) is 1. The zero-order chi connectivity index (χ0) is 22.0. The van der Waals surface area contributed by atoms with E-state index in [1.807, 2.05) is 12.1 Å². The third kappa shape index (κ3) is 4.60. The molecule has 1 fully saturated rings. The third-order valence-corrected chi connectivity index (χ3v) is 6.32. The molecule has 1 saturated carbocycles. The van der Waals surface area contributed by atoms with Gasteiger partial charge in [0.2, 0.25) is 0 Å². The van der Waals surface area contributed by atoms with Gasteiger partial charge in [0.15, 0.2) is 17.5 Å². The summed E-state index contributed by atoms with van der Waals surface area (Å²) in [6.07, 6.45) is 7.42. The van der Waals surface area contributed by atoms with Crippen LogP contribution in [0.4, 0.5) is 13.2 Å². The Balaban J connectivity index is 1.44. The Kier molecular flexibility index (Phi) is 6.30. The van der Waals surface area contributed by atoms with Crippen LogP contribution in [0, 0.1) is 23.4 Å². The van der Waals surface area contributed by atoms with Crippen molar-refractivity contribution in [2.45, 2.75) is 51.4 Å². The van der Waals surface area contributed by atoms with E-state index in [0.717, 1.165) is 12.0 Å². The second kappa shape index (κ2) is 9.13. The van der Waals surface area contributed by atoms with Crippen molar-refractivity contribution in [3.63, 3.8) is 0 Å². The first-order valence-corrected chi connectivity index (χ1v) is 10.9. The minimum absolute atomic E-state index is 0.0725. The molecule has 0 aliphatic heterocycles. The fraction of sp³-hybridized carbons (Fsp3) is 0.346. The predicted octanol–water partition coefficient (Wildman–Crippen LogP) is 7.55. The molecule has 0 amide bonds. The van der Waals surface area contributed by atoms with Crippen molar-refractivity contribution in [1.29, 1.82) is 0 Å². The van der Waals surface area contributed by atoms with Crippen LogP contribution < -0.4 is 4.74 Å². The molecule has 31 heavy (non-hydrogen) atoms. The van der Waals surface area contributed by atoms with Crippen molar-refractivity contribution >= 4 is 16.7 Å². The first kappa shape index (κ1) is 21.4. The Morgan fingerprint density at radius 1 is 0.935 bits per heavy atom. The van der Waals surface area contributed by atoms with E-state index in [1.54, 1.807) is 12.1 Å². The lowest BCUT2D eigenvalue weighted by atomic mass is 9.77. The van der Waals surface area contributed by atoms with Gasteiger partial charge in [-0.3, -0.25) is 0 Å². The first-order chi connectivity index (χ1) is 15.0. The summed E-state index contributed by atoms with van der Waals surface area (Å²) in [6, 6.07) is 12.3. The Labute approximate surface area is 180 Å². The summed E-state index contributed by atoms with van der Waals surface area (Å²) < 4.78 is 46.1. The third-order valence-electron chi connectivity index (χ3n) is 6.32. The minimum Gasteiger partial charge on any atom is -0.423 e. The number of benzene rings is 3. The van der Waals surface area contributed by atoms with E-state index in [-0.39, 0.29) is 16.5 Å². The maximum atomic E-state index is 13.8. The Morgan fingerprint density at radius 3 is 2.32 bits per heavy atom.